The van der Waals surface area contributed by atoms with Gasteiger partial charge in [0.25, 0.3) is 0 Å². The zero-order valence-electron chi connectivity index (χ0n) is 17.0. The second kappa shape index (κ2) is 8.70. The summed E-state index contributed by atoms with van der Waals surface area (Å²) < 4.78 is 1.87. The molecule has 31 heavy (non-hydrogen) atoms. The smallest absolute Gasteiger partial charge is 0.247 e. The molecule has 6 heteroatoms. The maximum atomic E-state index is 13.1. The zero-order chi connectivity index (χ0) is 21.0. The van der Waals surface area contributed by atoms with Gasteiger partial charge in [0.15, 0.2) is 0 Å². The summed E-state index contributed by atoms with van der Waals surface area (Å²) in [5, 5.41) is 6.84. The Kier molecular flexibility index (Phi) is 5.46. The molecule has 1 saturated carbocycles. The predicted molar refractivity (Wildman–Crippen MR) is 124 cm³/mol. The topological polar surface area (TPSA) is 51.0 Å². The Labute approximate surface area is 185 Å². The Morgan fingerprint density at radius 3 is 2.65 bits per heavy atom. The van der Waals surface area contributed by atoms with Crippen LogP contribution in [-0.2, 0) is 11.3 Å². The first-order valence-corrected chi connectivity index (χ1v) is 11.2. The summed E-state index contributed by atoms with van der Waals surface area (Å²) in [6.45, 7) is 0.537. The maximum Gasteiger partial charge on any atom is 0.247 e. The van der Waals surface area contributed by atoms with Crippen LogP contribution in [0.3, 0.4) is 0 Å². The number of hydrogen-bond acceptors (Lipinski definition) is 4. The number of thiophene rings is 1. The first-order valence-electron chi connectivity index (χ1n) is 10.4. The van der Waals surface area contributed by atoms with Crippen molar-refractivity contribution < 1.29 is 4.79 Å². The third-order valence-corrected chi connectivity index (χ3v) is 6.13. The van der Waals surface area contributed by atoms with Crippen molar-refractivity contribution >= 4 is 23.3 Å². The Hall–Kier alpha value is -3.51. The normalized spacial score (nSPS) is 13.5. The highest BCUT2D eigenvalue weighted by Crippen LogP contribution is 2.30. The second-order valence-electron chi connectivity index (χ2n) is 7.54. The molecule has 5 nitrogen and oxygen atoms in total. The van der Waals surface area contributed by atoms with Gasteiger partial charge in [0.05, 0.1) is 22.8 Å². The van der Waals surface area contributed by atoms with Crippen LogP contribution in [0.25, 0.3) is 22.3 Å². The molecule has 0 atom stereocenters. The average molecular weight is 427 g/mol. The largest absolute Gasteiger partial charge is 0.330 e. The highest BCUT2D eigenvalue weighted by molar-refractivity contribution is 7.13. The van der Waals surface area contributed by atoms with Crippen molar-refractivity contribution in [2.45, 2.75) is 25.4 Å². The van der Waals surface area contributed by atoms with E-state index < -0.39 is 0 Å². The van der Waals surface area contributed by atoms with Gasteiger partial charge in [-0.25, -0.2) is 4.68 Å². The minimum Gasteiger partial charge on any atom is -0.330 e. The standard InChI is InChI=1S/C25H22N4OS/c30-24(28(21-12-13-21)18-20-7-4-5-15-26-20)14-11-19-17-29(22-8-2-1-3-9-22)27-25(19)23-10-6-16-31-23/h1-11,14-17,21H,12-13,18H2. The monoisotopic (exact) mass is 426 g/mol. The summed E-state index contributed by atoms with van der Waals surface area (Å²) >= 11 is 1.64. The lowest BCUT2D eigenvalue weighted by Crippen LogP contribution is -2.31. The second-order valence-corrected chi connectivity index (χ2v) is 8.49. The van der Waals surface area contributed by atoms with Crippen LogP contribution in [0, 0.1) is 0 Å². The summed E-state index contributed by atoms with van der Waals surface area (Å²) in [7, 11) is 0. The van der Waals surface area contributed by atoms with Gasteiger partial charge in [0.1, 0.15) is 5.69 Å². The molecule has 1 fully saturated rings. The summed E-state index contributed by atoms with van der Waals surface area (Å²) in [5.74, 6) is 0.0118. The van der Waals surface area contributed by atoms with Crippen molar-refractivity contribution in [3.8, 4) is 16.3 Å². The van der Waals surface area contributed by atoms with Crippen molar-refractivity contribution in [2.24, 2.45) is 0 Å². The van der Waals surface area contributed by atoms with Gasteiger partial charge in [-0.2, -0.15) is 5.10 Å². The van der Waals surface area contributed by atoms with Crippen LogP contribution in [-0.4, -0.2) is 31.6 Å². The minimum absolute atomic E-state index is 0.0118. The molecule has 0 aliphatic heterocycles. The number of nitrogens with zero attached hydrogens (tertiary/aromatic N) is 4. The molecule has 1 amide bonds. The Morgan fingerprint density at radius 2 is 1.94 bits per heavy atom. The number of benzene rings is 1. The van der Waals surface area contributed by atoms with E-state index >= 15 is 0 Å². The van der Waals surface area contributed by atoms with Crippen LogP contribution in [0.1, 0.15) is 24.1 Å². The molecule has 3 heterocycles. The van der Waals surface area contributed by atoms with E-state index in [0.29, 0.717) is 12.6 Å². The molecular weight excluding hydrogens is 404 g/mol. The van der Waals surface area contributed by atoms with Gasteiger partial charge in [0.2, 0.25) is 5.91 Å². The number of pyridine rings is 1. The minimum atomic E-state index is 0.0118. The van der Waals surface area contributed by atoms with Gasteiger partial charge in [-0.15, -0.1) is 11.3 Å². The molecule has 5 rings (SSSR count). The van der Waals surface area contributed by atoms with Gasteiger partial charge in [0, 0.05) is 30.1 Å². The molecule has 1 aliphatic carbocycles. The SMILES string of the molecule is O=C(C=Cc1cn(-c2ccccc2)nc1-c1cccs1)N(Cc1ccccn1)C1CC1. The quantitative estimate of drug-likeness (QED) is 0.382. The summed E-state index contributed by atoms with van der Waals surface area (Å²) in [4.78, 5) is 20.4. The highest BCUT2D eigenvalue weighted by atomic mass is 32.1. The van der Waals surface area contributed by atoms with Crippen LogP contribution >= 0.6 is 11.3 Å². The number of carbonyl (C=O) groups excluding carboxylic acids is 1. The third kappa shape index (κ3) is 4.49. The lowest BCUT2D eigenvalue weighted by molar-refractivity contribution is -0.127. The van der Waals surface area contributed by atoms with Crippen LogP contribution in [0.2, 0.25) is 0 Å². The predicted octanol–water partition coefficient (Wildman–Crippen LogP) is 5.20. The average Bonchev–Trinajstić information content (AvgIpc) is 3.33. The van der Waals surface area contributed by atoms with Crippen molar-refractivity contribution in [3.05, 3.63) is 95.8 Å². The molecule has 0 bridgehead atoms. The number of carbonyl (C=O) groups is 1. The van der Waals surface area contributed by atoms with E-state index in [4.69, 9.17) is 5.10 Å². The highest BCUT2D eigenvalue weighted by Gasteiger charge is 2.31. The van der Waals surface area contributed by atoms with Gasteiger partial charge in [-0.3, -0.25) is 9.78 Å². The molecule has 154 valence electrons. The first kappa shape index (κ1) is 19.5. The fourth-order valence-corrected chi connectivity index (χ4v) is 4.25. The van der Waals surface area contributed by atoms with E-state index in [-0.39, 0.29) is 5.91 Å². The van der Waals surface area contributed by atoms with E-state index in [9.17, 15) is 4.79 Å². The molecule has 1 aromatic carbocycles. The van der Waals surface area contributed by atoms with Crippen molar-refractivity contribution in [1.82, 2.24) is 19.7 Å². The molecule has 0 unspecified atom stereocenters. The van der Waals surface area contributed by atoms with Gasteiger partial charge in [-0.05, 0) is 54.6 Å². The molecular formula is C25H22N4OS. The fraction of sp³-hybridized carbons (Fsp3) is 0.160. The molecule has 0 saturated heterocycles. The Balaban J connectivity index is 1.42. The van der Waals surface area contributed by atoms with Crippen molar-refractivity contribution in [3.63, 3.8) is 0 Å². The van der Waals surface area contributed by atoms with Crippen LogP contribution in [0.4, 0.5) is 0 Å². The van der Waals surface area contributed by atoms with Crippen LogP contribution in [0.5, 0.6) is 0 Å². The molecule has 0 spiro atoms. The lowest BCUT2D eigenvalue weighted by atomic mass is 10.2. The molecule has 4 aromatic rings. The summed E-state index contributed by atoms with van der Waals surface area (Å²) in [6, 6.07) is 20.2. The summed E-state index contributed by atoms with van der Waals surface area (Å²) in [6.07, 6.45) is 9.42. The molecule has 3 aromatic heterocycles. The number of amides is 1. The fourth-order valence-electron chi connectivity index (χ4n) is 3.52. The zero-order valence-corrected chi connectivity index (χ0v) is 17.8. The molecule has 0 N–H and O–H groups in total. The maximum absolute atomic E-state index is 13.1. The number of aromatic nitrogens is 3. The third-order valence-electron chi connectivity index (χ3n) is 5.25. The Morgan fingerprint density at radius 1 is 1.10 bits per heavy atom. The van der Waals surface area contributed by atoms with E-state index in [1.807, 2.05) is 81.8 Å². The molecule has 1 aliphatic rings. The summed E-state index contributed by atoms with van der Waals surface area (Å²) in [5.41, 5.74) is 3.70. The van der Waals surface area contributed by atoms with Gasteiger partial charge < -0.3 is 4.90 Å². The van der Waals surface area contributed by atoms with Crippen molar-refractivity contribution in [2.75, 3.05) is 0 Å². The van der Waals surface area contributed by atoms with Crippen LogP contribution < -0.4 is 0 Å². The van der Waals surface area contributed by atoms with Gasteiger partial charge >= 0.3 is 0 Å². The number of hydrogen-bond donors (Lipinski definition) is 0. The Bertz CT molecular complexity index is 1180. The number of rotatable bonds is 7. The van der Waals surface area contributed by atoms with E-state index in [1.165, 1.54) is 0 Å². The van der Waals surface area contributed by atoms with E-state index in [1.54, 1.807) is 23.6 Å². The van der Waals surface area contributed by atoms with Crippen LogP contribution in [0.15, 0.2) is 84.5 Å². The first-order chi connectivity index (χ1) is 15.3. The number of para-hydroxylation sites is 1. The van der Waals surface area contributed by atoms with E-state index in [2.05, 4.69) is 11.1 Å². The van der Waals surface area contributed by atoms with Crippen molar-refractivity contribution in [1.29, 1.82) is 0 Å². The lowest BCUT2D eigenvalue weighted by Gasteiger charge is -2.20. The molecule has 0 radical (unpaired) electrons. The van der Waals surface area contributed by atoms with Gasteiger partial charge in [-0.1, -0.05) is 30.3 Å². The van der Waals surface area contributed by atoms with E-state index in [0.717, 1.165) is 40.4 Å².